The van der Waals surface area contributed by atoms with Gasteiger partial charge in [0.2, 0.25) is 0 Å². The lowest BCUT2D eigenvalue weighted by Gasteiger charge is -2.51. The maximum Gasteiger partial charge on any atom is 0.321 e. The first kappa shape index (κ1) is 27.9. The summed E-state index contributed by atoms with van der Waals surface area (Å²) in [6.45, 7) is 10.6. The lowest BCUT2D eigenvalue weighted by atomic mass is 9.50. The molecule has 0 unspecified atom stereocenters. The topological polar surface area (TPSA) is 74.6 Å². The molecule has 0 aromatic heterocycles. The Kier molecular flexibility index (Phi) is 14.3. The maximum atomic E-state index is 12.8. The molecule has 0 bridgehead atoms. The Hall–Kier alpha value is -1.06. The zero-order valence-electron chi connectivity index (χ0n) is 19.9. The van der Waals surface area contributed by atoms with Crippen LogP contribution in [0.25, 0.3) is 0 Å². The van der Waals surface area contributed by atoms with Crippen molar-refractivity contribution in [3.05, 3.63) is 0 Å². The summed E-state index contributed by atoms with van der Waals surface area (Å²) in [6, 6.07) is 0. The minimum Gasteiger partial charge on any atom is -0.480 e. The summed E-state index contributed by atoms with van der Waals surface area (Å²) in [5.74, 6) is -2.06. The second-order valence-electron chi connectivity index (χ2n) is 8.96. The van der Waals surface area contributed by atoms with E-state index in [1.165, 1.54) is 0 Å². The van der Waals surface area contributed by atoms with Crippen molar-refractivity contribution < 1.29 is 19.8 Å². The van der Waals surface area contributed by atoms with Gasteiger partial charge in [0.15, 0.2) is 5.41 Å². The molecule has 0 aromatic carbocycles. The van der Waals surface area contributed by atoms with Crippen LogP contribution in [0.4, 0.5) is 0 Å². The van der Waals surface area contributed by atoms with Crippen molar-refractivity contribution in [2.24, 2.45) is 16.7 Å². The average Bonchev–Trinajstić information content (AvgIpc) is 2.69. The van der Waals surface area contributed by atoms with Crippen LogP contribution >= 0.6 is 0 Å². The molecular weight excluding hydrogens is 364 g/mol. The molecule has 0 rings (SSSR count). The number of unbranched alkanes of at least 4 members (excludes halogenated alkanes) is 5. The monoisotopic (exact) mass is 412 g/mol. The molecule has 0 aliphatic carbocycles. The van der Waals surface area contributed by atoms with Crippen molar-refractivity contribution in [2.45, 2.75) is 131 Å². The summed E-state index contributed by atoms with van der Waals surface area (Å²) in [7, 11) is 0. The molecule has 0 saturated heterocycles. The van der Waals surface area contributed by atoms with Crippen LogP contribution in [0.3, 0.4) is 0 Å². The van der Waals surface area contributed by atoms with Crippen LogP contribution in [0, 0.1) is 16.7 Å². The summed E-state index contributed by atoms with van der Waals surface area (Å²) < 4.78 is 0. The van der Waals surface area contributed by atoms with Crippen LogP contribution in [0.2, 0.25) is 0 Å². The van der Waals surface area contributed by atoms with Gasteiger partial charge in [-0.2, -0.15) is 0 Å². The highest BCUT2D eigenvalue weighted by molar-refractivity contribution is 5.99. The zero-order chi connectivity index (χ0) is 22.3. The van der Waals surface area contributed by atoms with Crippen molar-refractivity contribution in [3.8, 4) is 0 Å². The summed E-state index contributed by atoms with van der Waals surface area (Å²) in [5, 5.41) is 20.9. The van der Waals surface area contributed by atoms with Crippen molar-refractivity contribution >= 4 is 11.9 Å². The number of rotatable bonds is 19. The third kappa shape index (κ3) is 7.00. The third-order valence-corrected chi connectivity index (χ3v) is 7.03. The Morgan fingerprint density at radius 1 is 0.621 bits per heavy atom. The molecule has 0 amide bonds. The standard InChI is InChI=1S/C25H48O4/c1-6-11-16-21(17-12-7-2)24(18-13-8-3,19-14-9-4)25(22(26)27,23(28)29)20-15-10-5/h21H,6-20H2,1-5H3,(H,26,27)(H,28,29). The van der Waals surface area contributed by atoms with E-state index in [-0.39, 0.29) is 12.3 Å². The molecule has 0 aromatic rings. The third-order valence-electron chi connectivity index (χ3n) is 7.03. The normalized spacial score (nSPS) is 12.5. The Bertz CT molecular complexity index is 428. The van der Waals surface area contributed by atoms with Gasteiger partial charge < -0.3 is 10.2 Å². The van der Waals surface area contributed by atoms with Gasteiger partial charge in [-0.3, -0.25) is 9.59 Å². The maximum absolute atomic E-state index is 12.8. The van der Waals surface area contributed by atoms with E-state index in [1.807, 2.05) is 6.92 Å². The number of hydrogen-bond donors (Lipinski definition) is 2. The van der Waals surface area contributed by atoms with Crippen LogP contribution in [-0.4, -0.2) is 22.2 Å². The minimum absolute atomic E-state index is 0.157. The Morgan fingerprint density at radius 2 is 0.966 bits per heavy atom. The van der Waals surface area contributed by atoms with Crippen LogP contribution in [-0.2, 0) is 9.59 Å². The highest BCUT2D eigenvalue weighted by Gasteiger charge is 2.63. The molecule has 2 N–H and O–H groups in total. The fourth-order valence-electron chi connectivity index (χ4n) is 5.31. The summed E-state index contributed by atoms with van der Waals surface area (Å²) >= 11 is 0. The highest BCUT2D eigenvalue weighted by atomic mass is 16.4. The van der Waals surface area contributed by atoms with Crippen molar-refractivity contribution in [1.29, 1.82) is 0 Å². The van der Waals surface area contributed by atoms with Gasteiger partial charge in [0, 0.05) is 5.41 Å². The molecule has 0 radical (unpaired) electrons. The van der Waals surface area contributed by atoms with Crippen LogP contribution in [0.5, 0.6) is 0 Å². The van der Waals surface area contributed by atoms with Gasteiger partial charge in [0.25, 0.3) is 0 Å². The first-order valence-corrected chi connectivity index (χ1v) is 12.3. The SMILES string of the molecule is CCCCC(CCCC)C(CCCC)(CCCC)C(CCCC)(C(=O)O)C(=O)O. The molecule has 0 spiro atoms. The molecule has 172 valence electrons. The molecule has 0 saturated carbocycles. The first-order chi connectivity index (χ1) is 13.8. The van der Waals surface area contributed by atoms with Crippen LogP contribution in [0.15, 0.2) is 0 Å². The van der Waals surface area contributed by atoms with Gasteiger partial charge in [0.1, 0.15) is 0 Å². The molecule has 0 aliphatic heterocycles. The lowest BCUT2D eigenvalue weighted by Crippen LogP contribution is -2.57. The minimum atomic E-state index is -1.68. The quantitative estimate of drug-likeness (QED) is 0.213. The van der Waals surface area contributed by atoms with Crippen molar-refractivity contribution in [2.75, 3.05) is 0 Å². The fraction of sp³-hybridized carbons (Fsp3) is 0.920. The average molecular weight is 413 g/mol. The largest absolute Gasteiger partial charge is 0.480 e. The molecule has 4 nitrogen and oxygen atoms in total. The number of carboxylic acids is 2. The van der Waals surface area contributed by atoms with Crippen LogP contribution < -0.4 is 0 Å². The lowest BCUT2D eigenvalue weighted by molar-refractivity contribution is -0.185. The summed E-state index contributed by atoms with van der Waals surface area (Å²) in [4.78, 5) is 25.6. The van der Waals surface area contributed by atoms with Crippen LogP contribution in [0.1, 0.15) is 131 Å². The van der Waals surface area contributed by atoms with Gasteiger partial charge in [-0.1, -0.05) is 98.8 Å². The van der Waals surface area contributed by atoms with Gasteiger partial charge >= 0.3 is 11.9 Å². The predicted molar refractivity (Wildman–Crippen MR) is 121 cm³/mol. The second-order valence-corrected chi connectivity index (χ2v) is 8.96. The zero-order valence-corrected chi connectivity index (χ0v) is 19.9. The number of carboxylic acid groups (broad SMARTS) is 2. The first-order valence-electron chi connectivity index (χ1n) is 12.3. The molecule has 0 fully saturated rings. The smallest absolute Gasteiger partial charge is 0.321 e. The van der Waals surface area contributed by atoms with E-state index in [4.69, 9.17) is 0 Å². The highest BCUT2D eigenvalue weighted by Crippen LogP contribution is 2.58. The van der Waals surface area contributed by atoms with E-state index in [0.717, 1.165) is 70.6 Å². The van der Waals surface area contributed by atoms with Crippen molar-refractivity contribution in [3.63, 3.8) is 0 Å². The Balaban J connectivity index is 6.71. The van der Waals surface area contributed by atoms with E-state index in [9.17, 15) is 19.8 Å². The molecule has 0 atom stereocenters. The molecule has 0 heterocycles. The van der Waals surface area contributed by atoms with E-state index in [2.05, 4.69) is 27.7 Å². The number of carbonyl (C=O) groups is 2. The van der Waals surface area contributed by atoms with Gasteiger partial charge in [-0.05, 0) is 38.0 Å². The molecule has 0 aliphatic rings. The van der Waals surface area contributed by atoms with Crippen molar-refractivity contribution in [1.82, 2.24) is 0 Å². The molecule has 4 heteroatoms. The second kappa shape index (κ2) is 14.8. The number of hydrogen-bond acceptors (Lipinski definition) is 2. The molecular formula is C25H48O4. The van der Waals surface area contributed by atoms with Gasteiger partial charge in [-0.25, -0.2) is 0 Å². The summed E-state index contributed by atoms with van der Waals surface area (Å²) in [5.41, 5.74) is -2.35. The van der Waals surface area contributed by atoms with E-state index in [0.29, 0.717) is 19.3 Å². The number of aliphatic carboxylic acids is 2. The van der Waals surface area contributed by atoms with E-state index in [1.54, 1.807) is 0 Å². The van der Waals surface area contributed by atoms with Gasteiger partial charge in [-0.15, -0.1) is 0 Å². The fourth-order valence-corrected chi connectivity index (χ4v) is 5.31. The predicted octanol–water partition coefficient (Wildman–Crippen LogP) is 7.70. The Labute approximate surface area is 179 Å². The van der Waals surface area contributed by atoms with E-state index < -0.39 is 22.8 Å². The Morgan fingerprint density at radius 3 is 1.28 bits per heavy atom. The van der Waals surface area contributed by atoms with Gasteiger partial charge in [0.05, 0.1) is 0 Å². The summed E-state index contributed by atoms with van der Waals surface area (Å²) in [6.07, 6.45) is 12.9. The molecule has 29 heavy (non-hydrogen) atoms. The van der Waals surface area contributed by atoms with E-state index >= 15 is 0 Å².